The van der Waals surface area contributed by atoms with Crippen molar-refractivity contribution >= 4 is 33.4 Å². The van der Waals surface area contributed by atoms with Gasteiger partial charge in [-0.2, -0.15) is 10.4 Å². The fourth-order valence-electron chi connectivity index (χ4n) is 1.88. The molecule has 0 N–H and O–H groups in total. The van der Waals surface area contributed by atoms with Gasteiger partial charge in [0.2, 0.25) is 5.91 Å². The van der Waals surface area contributed by atoms with Crippen LogP contribution in [-0.2, 0) is 5.33 Å². The molecule has 0 bridgehead atoms. The Morgan fingerprint density at radius 3 is 2.81 bits per heavy atom. The van der Waals surface area contributed by atoms with Crippen LogP contribution in [0.4, 0.5) is 0 Å². The molecule has 0 aliphatic heterocycles. The van der Waals surface area contributed by atoms with Crippen LogP contribution in [0.3, 0.4) is 0 Å². The predicted molar refractivity (Wildman–Crippen MR) is 82.1 cm³/mol. The van der Waals surface area contributed by atoms with Crippen molar-refractivity contribution in [1.29, 1.82) is 5.26 Å². The summed E-state index contributed by atoms with van der Waals surface area (Å²) in [6.45, 7) is 3.17. The summed E-state index contributed by atoms with van der Waals surface area (Å²) in [5, 5.41) is 14.0. The molecule has 0 amide bonds. The van der Waals surface area contributed by atoms with Gasteiger partial charge in [0.25, 0.3) is 0 Å². The molecule has 0 unspecified atom stereocenters. The van der Waals surface area contributed by atoms with E-state index in [2.05, 4.69) is 21.0 Å². The molecule has 0 fully saturated rings. The van der Waals surface area contributed by atoms with Crippen LogP contribution in [0.5, 0.6) is 11.5 Å². The van der Waals surface area contributed by atoms with E-state index < -0.39 is 0 Å². The highest BCUT2D eigenvalue weighted by molar-refractivity contribution is 9.08. The molecule has 0 radical (unpaired) electrons. The Morgan fingerprint density at radius 1 is 1.52 bits per heavy atom. The number of rotatable bonds is 3. The Hall–Kier alpha value is -1.84. The standard InChI is InChI=1S/C14H11BrClN3O2/c1-8-14(13(6-15)18-19(8)9(2)20)21-12-4-10(7-17)3-11(16)5-12/h3-5H,6H2,1-2H3. The van der Waals surface area contributed by atoms with Crippen molar-refractivity contribution in [1.82, 2.24) is 9.78 Å². The average molecular weight is 369 g/mol. The summed E-state index contributed by atoms with van der Waals surface area (Å²) < 4.78 is 7.06. The van der Waals surface area contributed by atoms with Crippen molar-refractivity contribution in [3.05, 3.63) is 40.2 Å². The van der Waals surface area contributed by atoms with E-state index in [4.69, 9.17) is 21.6 Å². The van der Waals surface area contributed by atoms with Crippen LogP contribution in [0.1, 0.15) is 28.7 Å². The van der Waals surface area contributed by atoms with Gasteiger partial charge in [-0.25, -0.2) is 4.68 Å². The number of carbonyl (C=O) groups excluding carboxylic acids is 1. The maximum atomic E-state index is 11.5. The minimum absolute atomic E-state index is 0.201. The minimum Gasteiger partial charge on any atom is -0.453 e. The Labute approximate surface area is 135 Å². The molecule has 0 saturated carbocycles. The smallest absolute Gasteiger partial charge is 0.244 e. The van der Waals surface area contributed by atoms with Crippen LogP contribution < -0.4 is 4.74 Å². The van der Waals surface area contributed by atoms with Crippen molar-refractivity contribution in [2.75, 3.05) is 0 Å². The highest BCUT2D eigenvalue weighted by atomic mass is 79.9. The van der Waals surface area contributed by atoms with E-state index in [9.17, 15) is 4.79 Å². The van der Waals surface area contributed by atoms with E-state index in [0.717, 1.165) is 0 Å². The first-order chi connectivity index (χ1) is 9.96. The Morgan fingerprint density at radius 2 is 2.24 bits per heavy atom. The van der Waals surface area contributed by atoms with Crippen molar-refractivity contribution in [3.63, 3.8) is 0 Å². The summed E-state index contributed by atoms with van der Waals surface area (Å²) >= 11 is 9.26. The number of hydrogen-bond donors (Lipinski definition) is 0. The molecule has 0 aliphatic rings. The van der Waals surface area contributed by atoms with Gasteiger partial charge in [0.05, 0.1) is 22.7 Å². The van der Waals surface area contributed by atoms with Gasteiger partial charge in [0.15, 0.2) is 5.75 Å². The van der Waals surface area contributed by atoms with Gasteiger partial charge >= 0.3 is 0 Å². The molecule has 5 nitrogen and oxygen atoms in total. The predicted octanol–water partition coefficient (Wildman–Crippen LogP) is 4.06. The highest BCUT2D eigenvalue weighted by Gasteiger charge is 2.18. The lowest BCUT2D eigenvalue weighted by Gasteiger charge is -2.07. The normalized spacial score (nSPS) is 10.2. The van der Waals surface area contributed by atoms with Crippen LogP contribution in [-0.4, -0.2) is 15.7 Å². The molecule has 0 spiro atoms. The molecular formula is C14H11BrClN3O2. The maximum Gasteiger partial charge on any atom is 0.244 e. The molecule has 7 heteroatoms. The second-order valence-electron chi connectivity index (χ2n) is 4.32. The number of halogens is 2. The largest absolute Gasteiger partial charge is 0.453 e. The van der Waals surface area contributed by atoms with Crippen molar-refractivity contribution < 1.29 is 9.53 Å². The summed E-state index contributed by atoms with van der Waals surface area (Å²) in [6.07, 6.45) is 0. The number of benzene rings is 1. The van der Waals surface area contributed by atoms with Gasteiger partial charge in [-0.05, 0) is 25.1 Å². The van der Waals surface area contributed by atoms with Gasteiger partial charge in [0.1, 0.15) is 11.4 Å². The van der Waals surface area contributed by atoms with Crippen molar-refractivity contribution in [2.24, 2.45) is 0 Å². The summed E-state index contributed by atoms with van der Waals surface area (Å²) in [6, 6.07) is 6.74. The van der Waals surface area contributed by atoms with Crippen LogP contribution in [0.25, 0.3) is 0 Å². The highest BCUT2D eigenvalue weighted by Crippen LogP contribution is 2.32. The Kier molecular flexibility index (Phi) is 4.66. The third-order valence-electron chi connectivity index (χ3n) is 2.77. The fourth-order valence-corrected chi connectivity index (χ4v) is 2.47. The number of alkyl halides is 1. The molecule has 108 valence electrons. The van der Waals surface area contributed by atoms with Gasteiger partial charge in [0, 0.05) is 11.9 Å². The Bertz CT molecular complexity index is 749. The molecule has 2 aromatic rings. The topological polar surface area (TPSA) is 67.9 Å². The van der Waals surface area contributed by atoms with E-state index >= 15 is 0 Å². The third kappa shape index (κ3) is 3.26. The first kappa shape index (κ1) is 15.5. The van der Waals surface area contributed by atoms with E-state index in [1.807, 2.05) is 6.07 Å². The number of aromatic nitrogens is 2. The van der Waals surface area contributed by atoms with Gasteiger partial charge in [-0.15, -0.1) is 0 Å². The molecule has 1 aromatic carbocycles. The lowest BCUT2D eigenvalue weighted by Crippen LogP contribution is -2.09. The quantitative estimate of drug-likeness (QED) is 0.766. The SMILES string of the molecule is CC(=O)n1nc(CBr)c(Oc2cc(Cl)cc(C#N)c2)c1C. The van der Waals surface area contributed by atoms with E-state index in [-0.39, 0.29) is 5.91 Å². The summed E-state index contributed by atoms with van der Waals surface area (Å²) in [7, 11) is 0. The van der Waals surface area contributed by atoms with Crippen molar-refractivity contribution in [3.8, 4) is 17.6 Å². The summed E-state index contributed by atoms with van der Waals surface area (Å²) in [4.78, 5) is 11.5. The number of nitrogens with zero attached hydrogens (tertiary/aromatic N) is 3. The lowest BCUT2D eigenvalue weighted by atomic mass is 10.2. The van der Waals surface area contributed by atoms with Crippen LogP contribution in [0, 0.1) is 18.3 Å². The number of nitriles is 1. The van der Waals surface area contributed by atoms with Crippen LogP contribution in [0.2, 0.25) is 5.02 Å². The molecule has 0 saturated heterocycles. The second kappa shape index (κ2) is 6.29. The molecular weight excluding hydrogens is 358 g/mol. The molecule has 1 heterocycles. The number of carbonyl (C=O) groups is 1. The number of ether oxygens (including phenoxy) is 1. The second-order valence-corrected chi connectivity index (χ2v) is 5.31. The fraction of sp³-hybridized carbons (Fsp3) is 0.214. The van der Waals surface area contributed by atoms with Gasteiger partial charge in [-0.3, -0.25) is 4.79 Å². The molecule has 0 aliphatic carbocycles. The maximum absolute atomic E-state index is 11.5. The zero-order valence-electron chi connectivity index (χ0n) is 11.4. The zero-order valence-corrected chi connectivity index (χ0v) is 13.7. The summed E-state index contributed by atoms with van der Waals surface area (Å²) in [5.41, 5.74) is 1.59. The third-order valence-corrected chi connectivity index (χ3v) is 3.52. The van der Waals surface area contributed by atoms with E-state index in [0.29, 0.717) is 38.8 Å². The molecule has 1 aromatic heterocycles. The van der Waals surface area contributed by atoms with Gasteiger partial charge < -0.3 is 4.74 Å². The monoisotopic (exact) mass is 367 g/mol. The summed E-state index contributed by atoms with van der Waals surface area (Å²) in [5.74, 6) is 0.703. The average Bonchev–Trinajstić information content (AvgIpc) is 2.75. The molecule has 2 rings (SSSR count). The van der Waals surface area contributed by atoms with Crippen molar-refractivity contribution in [2.45, 2.75) is 19.2 Å². The first-order valence-corrected chi connectivity index (χ1v) is 7.50. The molecule has 0 atom stereocenters. The van der Waals surface area contributed by atoms with E-state index in [1.165, 1.54) is 11.6 Å². The van der Waals surface area contributed by atoms with E-state index in [1.54, 1.807) is 25.1 Å². The number of hydrogen-bond acceptors (Lipinski definition) is 4. The zero-order chi connectivity index (χ0) is 15.6. The minimum atomic E-state index is -0.201. The van der Waals surface area contributed by atoms with Crippen LogP contribution >= 0.6 is 27.5 Å². The van der Waals surface area contributed by atoms with Gasteiger partial charge in [-0.1, -0.05) is 27.5 Å². The lowest BCUT2D eigenvalue weighted by molar-refractivity contribution is 0.0918. The first-order valence-electron chi connectivity index (χ1n) is 6.00. The molecule has 21 heavy (non-hydrogen) atoms. The Balaban J connectivity index is 2.46. The van der Waals surface area contributed by atoms with Crippen LogP contribution in [0.15, 0.2) is 18.2 Å².